The fourth-order valence-corrected chi connectivity index (χ4v) is 5.12. The summed E-state index contributed by atoms with van der Waals surface area (Å²) in [6, 6.07) is 4.46. The van der Waals surface area contributed by atoms with Crippen molar-refractivity contribution in [1.29, 1.82) is 0 Å². The van der Waals surface area contributed by atoms with Crippen molar-refractivity contribution in [3.63, 3.8) is 0 Å². The maximum atomic E-state index is 13.4. The van der Waals surface area contributed by atoms with Gasteiger partial charge in [-0.05, 0) is 61.1 Å². The predicted octanol–water partition coefficient (Wildman–Crippen LogP) is 7.89. The van der Waals surface area contributed by atoms with Gasteiger partial charge in [0.1, 0.15) is 25.4 Å². The van der Waals surface area contributed by atoms with E-state index in [-0.39, 0.29) is 31.8 Å². The van der Waals surface area contributed by atoms with Crippen LogP contribution in [0, 0.1) is 5.92 Å². The Kier molecular flexibility index (Phi) is 14.2. The molecule has 1 aromatic carbocycles. The average Bonchev–Trinajstić information content (AvgIpc) is 3.27. The smallest absolute Gasteiger partial charge is 0.430 e. The van der Waals surface area contributed by atoms with E-state index >= 15 is 0 Å². The summed E-state index contributed by atoms with van der Waals surface area (Å²) >= 11 is 0. The van der Waals surface area contributed by atoms with Crippen LogP contribution in [0.5, 0.6) is 11.5 Å². The largest absolute Gasteiger partial charge is 0.494 e. The highest BCUT2D eigenvalue weighted by Gasteiger charge is 2.71. The second kappa shape index (κ2) is 16.9. The summed E-state index contributed by atoms with van der Waals surface area (Å²) < 4.78 is 97.0. The number of carbonyl (C=O) groups is 2. The van der Waals surface area contributed by atoms with Crippen LogP contribution >= 0.6 is 0 Å². The fourth-order valence-electron chi connectivity index (χ4n) is 5.12. The van der Waals surface area contributed by atoms with E-state index < -0.39 is 46.9 Å². The van der Waals surface area contributed by atoms with E-state index in [0.717, 1.165) is 4.90 Å². The van der Waals surface area contributed by atoms with Crippen molar-refractivity contribution in [3.8, 4) is 11.5 Å². The van der Waals surface area contributed by atoms with Gasteiger partial charge in [-0.15, -0.1) is 0 Å². The van der Waals surface area contributed by atoms with Crippen LogP contribution in [-0.2, 0) is 15.1 Å². The molecule has 3 rings (SSSR count). The van der Waals surface area contributed by atoms with Gasteiger partial charge >= 0.3 is 18.4 Å². The van der Waals surface area contributed by atoms with Crippen LogP contribution in [0.3, 0.4) is 0 Å². The monoisotopic (exact) mass is 690 g/mol. The molecule has 0 bridgehead atoms. The molecule has 268 valence electrons. The Balaban J connectivity index is 0.00000257. The molecule has 0 saturated carbocycles. The van der Waals surface area contributed by atoms with E-state index in [1.165, 1.54) is 31.6 Å². The molecule has 2 heterocycles. The van der Waals surface area contributed by atoms with Crippen LogP contribution in [0.15, 0.2) is 66.5 Å². The second-order valence-electron chi connectivity index (χ2n) is 11.2. The summed E-state index contributed by atoms with van der Waals surface area (Å²) in [5.74, 6) is -0.199. The molecule has 1 aromatic rings. The number of aliphatic hydroxyl groups is 1. The SMILES string of the molecule is C=C/C(=C\C(C=C(C)OC/C=C\CN1C(=O)NC(CC)(c2ccc3c(c2)OCCO3)C1=O)CCC)C(O)(C(F)(F)F)C(F)(F)F.CCC. The molecule has 2 N–H and O–H groups in total. The van der Waals surface area contributed by atoms with E-state index in [4.69, 9.17) is 14.2 Å². The van der Waals surface area contributed by atoms with Gasteiger partial charge in [-0.2, -0.15) is 26.3 Å². The lowest BCUT2D eigenvalue weighted by Gasteiger charge is -2.33. The predicted molar refractivity (Wildman–Crippen MR) is 168 cm³/mol. The van der Waals surface area contributed by atoms with E-state index in [1.54, 1.807) is 32.0 Å². The number of imide groups is 1. The Morgan fingerprint density at radius 1 is 1.04 bits per heavy atom. The fraction of sp³-hybridized carbons (Fsp3) is 0.529. The molecule has 14 heteroatoms. The molecule has 2 aliphatic rings. The number of ether oxygens (including phenoxy) is 3. The van der Waals surface area contributed by atoms with Gasteiger partial charge in [-0.3, -0.25) is 9.69 Å². The maximum Gasteiger partial charge on any atom is 0.430 e. The maximum absolute atomic E-state index is 13.4. The minimum atomic E-state index is -6.03. The zero-order valence-electron chi connectivity index (χ0n) is 27.8. The van der Waals surface area contributed by atoms with Crippen LogP contribution < -0.4 is 14.8 Å². The highest BCUT2D eigenvalue weighted by atomic mass is 19.4. The van der Waals surface area contributed by atoms with Crippen molar-refractivity contribution >= 4 is 11.9 Å². The first-order valence-electron chi connectivity index (χ1n) is 15.7. The minimum absolute atomic E-state index is 0.0705. The van der Waals surface area contributed by atoms with Gasteiger partial charge in [0.25, 0.3) is 11.5 Å². The molecule has 3 amide bonds. The third kappa shape index (κ3) is 8.94. The van der Waals surface area contributed by atoms with Crippen molar-refractivity contribution in [2.24, 2.45) is 5.92 Å². The van der Waals surface area contributed by atoms with E-state index in [2.05, 4.69) is 25.7 Å². The van der Waals surface area contributed by atoms with E-state index in [0.29, 0.717) is 48.8 Å². The Hall–Kier alpha value is -3.94. The topological polar surface area (TPSA) is 97.3 Å². The molecule has 2 unspecified atom stereocenters. The molecule has 2 aliphatic heterocycles. The molecule has 0 radical (unpaired) electrons. The molecule has 0 spiro atoms. The third-order valence-corrected chi connectivity index (χ3v) is 7.53. The van der Waals surface area contributed by atoms with Crippen molar-refractivity contribution in [2.75, 3.05) is 26.4 Å². The molecule has 48 heavy (non-hydrogen) atoms. The Bertz CT molecular complexity index is 1360. The average molecular weight is 691 g/mol. The van der Waals surface area contributed by atoms with Crippen molar-refractivity contribution < 1.29 is 55.2 Å². The number of benzene rings is 1. The first kappa shape index (κ1) is 40.2. The number of carbonyl (C=O) groups excluding carboxylic acids is 2. The highest BCUT2D eigenvalue weighted by molar-refractivity contribution is 6.07. The number of rotatable bonds is 13. The zero-order valence-corrected chi connectivity index (χ0v) is 27.8. The van der Waals surface area contributed by atoms with Crippen molar-refractivity contribution in [2.45, 2.75) is 83.8 Å². The Morgan fingerprint density at radius 2 is 1.65 bits per heavy atom. The van der Waals surface area contributed by atoms with Gasteiger partial charge in [0.2, 0.25) is 0 Å². The van der Waals surface area contributed by atoms with Gasteiger partial charge in [-0.1, -0.05) is 71.4 Å². The molecular weight excluding hydrogens is 646 g/mol. The van der Waals surface area contributed by atoms with Crippen LogP contribution in [0.2, 0.25) is 0 Å². The summed E-state index contributed by atoms with van der Waals surface area (Å²) in [6.07, 6.45) is -4.58. The van der Waals surface area contributed by atoms with Gasteiger partial charge in [0, 0.05) is 6.54 Å². The first-order valence-corrected chi connectivity index (χ1v) is 15.7. The van der Waals surface area contributed by atoms with Gasteiger partial charge in [0.05, 0.1) is 5.76 Å². The van der Waals surface area contributed by atoms with E-state index in [1.807, 2.05) is 0 Å². The Morgan fingerprint density at radius 3 is 2.19 bits per heavy atom. The number of amides is 3. The highest BCUT2D eigenvalue weighted by Crippen LogP contribution is 2.48. The zero-order chi connectivity index (χ0) is 36.3. The molecule has 0 aliphatic carbocycles. The number of fused-ring (bicyclic) bond motifs is 1. The lowest BCUT2D eigenvalue weighted by atomic mass is 9.87. The number of allylic oxidation sites excluding steroid dienone is 3. The van der Waals surface area contributed by atoms with E-state index in [9.17, 15) is 41.0 Å². The number of nitrogens with one attached hydrogen (secondary N) is 1. The summed E-state index contributed by atoms with van der Waals surface area (Å²) in [4.78, 5) is 27.2. The molecular formula is C34H44F6N2O6. The van der Waals surface area contributed by atoms with Crippen molar-refractivity contribution in [1.82, 2.24) is 10.2 Å². The quantitative estimate of drug-likeness (QED) is 0.0719. The number of alkyl halides is 6. The van der Waals surface area contributed by atoms with Crippen LogP contribution in [-0.4, -0.2) is 66.3 Å². The standard InChI is InChI=1S/C31H36F6N2O6.C3H8/c1-5-10-21(18-22(6-2)29(42,30(32,33)34)31(35,36)37)17-20(4)43-14-9-8-13-39-26(40)28(7-3,38-27(39)41)23-11-12-24-25(19-23)45-16-15-44-24;1-3-2/h6,8-9,11-12,17-19,21,42H,2,5,7,10,13-16H2,1,3-4H3,(H,38,41);3H2,1-2H3/b9-8-,20-17?,22-18+;. The van der Waals surface area contributed by atoms with Crippen LogP contribution in [0.25, 0.3) is 0 Å². The van der Waals surface area contributed by atoms with Gasteiger partial charge in [0.15, 0.2) is 11.5 Å². The molecule has 1 fully saturated rings. The third-order valence-electron chi connectivity index (χ3n) is 7.53. The first-order chi connectivity index (χ1) is 22.5. The molecule has 1 saturated heterocycles. The summed E-state index contributed by atoms with van der Waals surface area (Å²) in [7, 11) is 0. The molecule has 2 atom stereocenters. The Labute approximate surface area is 277 Å². The molecule has 0 aromatic heterocycles. The number of urea groups is 1. The van der Waals surface area contributed by atoms with Crippen LogP contribution in [0.4, 0.5) is 31.1 Å². The normalized spacial score (nSPS) is 19.5. The summed E-state index contributed by atoms with van der Waals surface area (Å²) in [5, 5.41) is 12.5. The number of halogens is 6. The lowest BCUT2D eigenvalue weighted by molar-refractivity contribution is -0.351. The van der Waals surface area contributed by atoms with Crippen molar-refractivity contribution in [3.05, 3.63) is 72.1 Å². The van der Waals surface area contributed by atoms with Gasteiger partial charge < -0.3 is 24.6 Å². The number of hydrogen-bond acceptors (Lipinski definition) is 6. The minimum Gasteiger partial charge on any atom is -0.494 e. The summed E-state index contributed by atoms with van der Waals surface area (Å²) in [6.45, 7) is 12.8. The second-order valence-corrected chi connectivity index (χ2v) is 11.2. The van der Waals surface area contributed by atoms with Crippen LogP contribution in [0.1, 0.15) is 65.9 Å². The lowest BCUT2D eigenvalue weighted by Crippen LogP contribution is -2.57. The number of nitrogens with zero attached hydrogens (tertiary/aromatic N) is 1. The van der Waals surface area contributed by atoms with Gasteiger partial charge in [-0.25, -0.2) is 4.79 Å². The number of hydrogen-bond donors (Lipinski definition) is 2. The summed E-state index contributed by atoms with van der Waals surface area (Å²) in [5.41, 5.74) is -7.27. The molecule has 8 nitrogen and oxygen atoms in total.